The number of rotatable bonds is 7. The summed E-state index contributed by atoms with van der Waals surface area (Å²) in [5.74, 6) is 0.0118. The van der Waals surface area contributed by atoms with Crippen LogP contribution < -0.4 is 0 Å². The molecule has 44 heavy (non-hydrogen) atoms. The Morgan fingerprint density at radius 2 is 0.932 bits per heavy atom. The van der Waals surface area contributed by atoms with Crippen molar-refractivity contribution < 1.29 is 28.1 Å². The number of aryl methyl sites for hydroxylation is 3. The zero-order valence-electron chi connectivity index (χ0n) is 29.3. The van der Waals surface area contributed by atoms with Gasteiger partial charge in [0.15, 0.2) is 0 Å². The molecule has 0 aliphatic carbocycles. The summed E-state index contributed by atoms with van der Waals surface area (Å²) in [4.78, 5) is 0. The molecule has 0 saturated carbocycles. The lowest BCUT2D eigenvalue weighted by molar-refractivity contribution is 0.0781. The molecule has 0 fully saturated rings. The van der Waals surface area contributed by atoms with Crippen LogP contribution in [0, 0.1) is 38.2 Å². The van der Waals surface area contributed by atoms with E-state index in [-0.39, 0.29) is 41.3 Å². The predicted molar refractivity (Wildman–Crippen MR) is 177 cm³/mol. The molecular formula is C38H55F3O3. The summed E-state index contributed by atoms with van der Waals surface area (Å²) in [6.45, 7) is 24.5. The van der Waals surface area contributed by atoms with Gasteiger partial charge in [-0.25, -0.2) is 13.2 Å². The maximum Gasteiger partial charge on any atom is 0.127 e. The van der Waals surface area contributed by atoms with Crippen molar-refractivity contribution in [3.63, 3.8) is 0 Å². The van der Waals surface area contributed by atoms with Gasteiger partial charge in [0.25, 0.3) is 0 Å². The molecule has 0 heterocycles. The molecule has 0 aliphatic heterocycles. The maximum atomic E-state index is 13.8. The Hall–Kier alpha value is -2.67. The molecular weight excluding hydrogens is 561 g/mol. The third kappa shape index (κ3) is 10.7. The van der Waals surface area contributed by atoms with E-state index in [0.29, 0.717) is 11.1 Å². The Balaban J connectivity index is 0.000000330. The first-order valence-corrected chi connectivity index (χ1v) is 15.5. The highest BCUT2D eigenvalue weighted by Crippen LogP contribution is 2.30. The Bertz CT molecular complexity index is 1300. The summed E-state index contributed by atoms with van der Waals surface area (Å²) in [5.41, 5.74) is 6.30. The number of benzene rings is 3. The second-order valence-electron chi connectivity index (χ2n) is 13.2. The fourth-order valence-corrected chi connectivity index (χ4v) is 5.48. The van der Waals surface area contributed by atoms with E-state index in [0.717, 1.165) is 38.9 Å². The molecule has 3 rings (SSSR count). The zero-order valence-corrected chi connectivity index (χ0v) is 29.3. The van der Waals surface area contributed by atoms with Crippen molar-refractivity contribution in [1.82, 2.24) is 0 Å². The van der Waals surface area contributed by atoms with Crippen molar-refractivity contribution in [2.75, 3.05) is 7.11 Å². The molecule has 0 radical (unpaired) electrons. The van der Waals surface area contributed by atoms with Gasteiger partial charge in [-0.2, -0.15) is 0 Å². The highest BCUT2D eigenvalue weighted by molar-refractivity contribution is 5.38. The molecule has 246 valence electrons. The molecule has 0 saturated heterocycles. The molecule has 2 unspecified atom stereocenters. The smallest absolute Gasteiger partial charge is 0.127 e. The number of ether oxygens (including phenoxy) is 1. The van der Waals surface area contributed by atoms with Gasteiger partial charge in [0.05, 0.1) is 17.8 Å². The molecule has 0 aliphatic rings. The second kappa shape index (κ2) is 16.6. The van der Waals surface area contributed by atoms with Gasteiger partial charge in [-0.3, -0.25) is 0 Å². The minimum Gasteiger partial charge on any atom is -0.389 e. The largest absolute Gasteiger partial charge is 0.389 e. The lowest BCUT2D eigenvalue weighted by Crippen LogP contribution is -2.16. The van der Waals surface area contributed by atoms with Crippen LogP contribution in [0.25, 0.3) is 0 Å². The summed E-state index contributed by atoms with van der Waals surface area (Å²) in [5, 5.41) is 19.1. The van der Waals surface area contributed by atoms with Crippen LogP contribution in [0.15, 0.2) is 36.4 Å². The highest BCUT2D eigenvalue weighted by Gasteiger charge is 2.20. The normalized spacial score (nSPS) is 13.0. The topological polar surface area (TPSA) is 49.7 Å². The van der Waals surface area contributed by atoms with Crippen LogP contribution in [0.2, 0.25) is 0 Å². The van der Waals surface area contributed by atoms with Crippen molar-refractivity contribution in [3.05, 3.63) is 104 Å². The van der Waals surface area contributed by atoms with Crippen LogP contribution in [-0.2, 0) is 10.3 Å². The van der Waals surface area contributed by atoms with Crippen molar-refractivity contribution in [1.29, 1.82) is 0 Å². The summed E-state index contributed by atoms with van der Waals surface area (Å²) in [7, 11) is 1.63. The molecule has 2 atom stereocenters. The first kappa shape index (κ1) is 39.4. The van der Waals surface area contributed by atoms with E-state index < -0.39 is 11.7 Å². The summed E-state index contributed by atoms with van der Waals surface area (Å²) < 4.78 is 46.4. The predicted octanol–water partition coefficient (Wildman–Crippen LogP) is 10.8. The molecule has 3 aromatic rings. The number of methoxy groups -OCH3 is 1. The number of hydrogen-bond acceptors (Lipinski definition) is 3. The molecule has 0 amide bonds. The first-order valence-electron chi connectivity index (χ1n) is 15.5. The molecule has 6 heteroatoms. The summed E-state index contributed by atoms with van der Waals surface area (Å²) >= 11 is 0. The molecule has 0 aromatic heterocycles. The quantitative estimate of drug-likeness (QED) is 0.278. The minimum absolute atomic E-state index is 0.0561. The number of hydrogen-bond donors (Lipinski definition) is 2. The zero-order chi connectivity index (χ0) is 34.3. The van der Waals surface area contributed by atoms with Crippen LogP contribution >= 0.6 is 0 Å². The Kier molecular flexibility index (Phi) is 14.8. The SMILES string of the molecule is COC(C)c1cc(C)c(C(C)C)c(F)c1.Cc1cc(C(C)(C)O)cc(F)c1C(C)C.Cc1cc(C(C)O)cc(F)c1C(C)C. The van der Waals surface area contributed by atoms with E-state index in [4.69, 9.17) is 4.74 Å². The van der Waals surface area contributed by atoms with Crippen molar-refractivity contribution >= 4 is 0 Å². The first-order chi connectivity index (χ1) is 20.1. The van der Waals surface area contributed by atoms with Crippen LogP contribution in [0.3, 0.4) is 0 Å². The van der Waals surface area contributed by atoms with E-state index in [2.05, 4.69) is 0 Å². The summed E-state index contributed by atoms with van der Waals surface area (Å²) in [6, 6.07) is 10.2. The lowest BCUT2D eigenvalue weighted by Gasteiger charge is -2.21. The van der Waals surface area contributed by atoms with Crippen LogP contribution in [0.4, 0.5) is 13.2 Å². The summed E-state index contributed by atoms with van der Waals surface area (Å²) in [6.07, 6.45) is -0.663. The lowest BCUT2D eigenvalue weighted by atomic mass is 9.90. The minimum atomic E-state index is -0.985. The van der Waals surface area contributed by atoms with Gasteiger partial charge in [0.1, 0.15) is 17.5 Å². The Morgan fingerprint density at radius 3 is 1.23 bits per heavy atom. The van der Waals surface area contributed by atoms with Gasteiger partial charge in [-0.15, -0.1) is 0 Å². The fourth-order valence-electron chi connectivity index (χ4n) is 5.48. The van der Waals surface area contributed by atoms with Gasteiger partial charge >= 0.3 is 0 Å². The van der Waals surface area contributed by atoms with Gasteiger partial charge < -0.3 is 14.9 Å². The highest BCUT2D eigenvalue weighted by atomic mass is 19.1. The van der Waals surface area contributed by atoms with Gasteiger partial charge in [0.2, 0.25) is 0 Å². The van der Waals surface area contributed by atoms with Crippen molar-refractivity contribution in [3.8, 4) is 0 Å². The molecule has 3 nitrogen and oxygen atoms in total. The number of aliphatic hydroxyl groups is 2. The van der Waals surface area contributed by atoms with Crippen LogP contribution in [0.1, 0.15) is 149 Å². The van der Waals surface area contributed by atoms with Crippen molar-refractivity contribution in [2.24, 2.45) is 0 Å². The van der Waals surface area contributed by atoms with Gasteiger partial charge in [-0.1, -0.05) is 59.7 Å². The molecule has 0 bridgehead atoms. The Labute approximate surface area is 264 Å². The van der Waals surface area contributed by atoms with E-state index in [1.54, 1.807) is 33.9 Å². The number of aliphatic hydroxyl groups excluding tert-OH is 1. The number of halogens is 3. The molecule has 2 N–H and O–H groups in total. The van der Waals surface area contributed by atoms with Crippen LogP contribution in [-0.4, -0.2) is 17.3 Å². The monoisotopic (exact) mass is 616 g/mol. The average Bonchev–Trinajstić information content (AvgIpc) is 2.86. The van der Waals surface area contributed by atoms with Crippen molar-refractivity contribution in [2.45, 2.75) is 126 Å². The van der Waals surface area contributed by atoms with E-state index >= 15 is 0 Å². The standard InChI is InChI=1S/2C13H19FO.C12H17FO/c1-8(2)12-9(3)6-10(7-11(12)14)13(4,5)15;1-8(2)13-9(3)6-11(7-12(13)14)10(4)15-5;1-7(2)12-8(3)5-10(9(4)14)6-11(12)13/h6-8,15H,1-5H3;6-8,10H,1-5H3;5-7,9,14H,1-4H3. The maximum absolute atomic E-state index is 13.8. The third-order valence-corrected chi connectivity index (χ3v) is 7.80. The van der Waals surface area contributed by atoms with Gasteiger partial charge in [-0.05, 0) is 134 Å². The van der Waals surface area contributed by atoms with E-state index in [1.807, 2.05) is 87.4 Å². The van der Waals surface area contributed by atoms with Crippen LogP contribution in [0.5, 0.6) is 0 Å². The van der Waals surface area contributed by atoms with E-state index in [1.165, 1.54) is 12.1 Å². The second-order valence-corrected chi connectivity index (χ2v) is 13.2. The average molecular weight is 617 g/mol. The van der Waals surface area contributed by atoms with Gasteiger partial charge in [0, 0.05) is 7.11 Å². The Morgan fingerprint density at radius 1 is 0.591 bits per heavy atom. The third-order valence-electron chi connectivity index (χ3n) is 7.80. The molecule has 3 aromatic carbocycles. The molecule has 0 spiro atoms. The fraction of sp³-hybridized carbons (Fsp3) is 0.526. The van der Waals surface area contributed by atoms with E-state index in [9.17, 15) is 23.4 Å².